The number of nitrogen functional groups attached to an aromatic ring is 1. The maximum absolute atomic E-state index is 13.6. The van der Waals surface area contributed by atoms with Crippen LogP contribution in [0.5, 0.6) is 0 Å². The number of hydrogen-bond acceptors (Lipinski definition) is 4. The lowest BCUT2D eigenvalue weighted by atomic mass is 9.98. The minimum Gasteiger partial charge on any atom is -0.384 e. The molecule has 0 amide bonds. The molecule has 0 unspecified atom stereocenters. The lowest BCUT2D eigenvalue weighted by molar-refractivity contribution is 0.628. The van der Waals surface area contributed by atoms with E-state index in [1.807, 2.05) is 0 Å². The summed E-state index contributed by atoms with van der Waals surface area (Å²) in [5.74, 6) is -0.585. The van der Waals surface area contributed by atoms with Gasteiger partial charge in [0.2, 0.25) is 11.0 Å². The van der Waals surface area contributed by atoms with Crippen LogP contribution in [-0.2, 0) is 0 Å². The minimum atomic E-state index is -0.597. The molecular weight excluding hydrogens is 391 g/mol. The van der Waals surface area contributed by atoms with Gasteiger partial charge in [0.05, 0.1) is 11.3 Å². The Morgan fingerprint density at radius 3 is 2.48 bits per heavy atom. The second-order valence-electron chi connectivity index (χ2n) is 5.06. The lowest BCUT2D eigenvalue weighted by Crippen LogP contribution is -2.16. The van der Waals surface area contributed by atoms with Gasteiger partial charge in [0.15, 0.2) is 0 Å². The molecule has 2 heterocycles. The first-order valence-electron chi connectivity index (χ1n) is 6.92. The van der Waals surface area contributed by atoms with Crippen LogP contribution in [0.15, 0.2) is 52.2 Å². The predicted molar refractivity (Wildman–Crippen MR) is 98.0 cm³/mol. The van der Waals surface area contributed by atoms with E-state index in [1.165, 1.54) is 36.5 Å². The SMILES string of the molecule is Br.N#Cc1c(N)[nH]c(-c2cccc(F)c2)c(-c2ccc(=O)[nH]c2)c1=O. The monoisotopic (exact) mass is 402 g/mol. The van der Waals surface area contributed by atoms with E-state index in [0.29, 0.717) is 11.1 Å². The fourth-order valence-corrected chi connectivity index (χ4v) is 2.43. The van der Waals surface area contributed by atoms with E-state index >= 15 is 0 Å². The van der Waals surface area contributed by atoms with E-state index in [9.17, 15) is 14.0 Å². The molecule has 3 rings (SSSR count). The van der Waals surface area contributed by atoms with Crippen LogP contribution in [-0.4, -0.2) is 9.97 Å². The zero-order valence-electron chi connectivity index (χ0n) is 12.7. The average molecular weight is 403 g/mol. The maximum Gasteiger partial charge on any atom is 0.247 e. The van der Waals surface area contributed by atoms with E-state index < -0.39 is 11.2 Å². The smallest absolute Gasteiger partial charge is 0.247 e. The molecule has 0 aliphatic rings. The Kier molecular flexibility index (Phi) is 5.20. The van der Waals surface area contributed by atoms with E-state index in [0.717, 1.165) is 0 Å². The predicted octanol–water partition coefficient (Wildman–Crippen LogP) is 2.57. The summed E-state index contributed by atoms with van der Waals surface area (Å²) >= 11 is 0. The van der Waals surface area contributed by atoms with Crippen molar-refractivity contribution in [2.75, 3.05) is 5.73 Å². The fourth-order valence-electron chi connectivity index (χ4n) is 2.43. The van der Waals surface area contributed by atoms with E-state index in [4.69, 9.17) is 11.0 Å². The van der Waals surface area contributed by atoms with Gasteiger partial charge in [0.25, 0.3) is 0 Å². The van der Waals surface area contributed by atoms with Crippen LogP contribution < -0.4 is 16.7 Å². The normalized spacial score (nSPS) is 9.92. The largest absolute Gasteiger partial charge is 0.384 e. The molecular formula is C17H12BrFN4O2. The molecule has 0 bridgehead atoms. The van der Waals surface area contributed by atoms with Gasteiger partial charge in [-0.15, -0.1) is 17.0 Å². The number of anilines is 1. The molecule has 4 N–H and O–H groups in total. The summed E-state index contributed by atoms with van der Waals surface area (Å²) in [6, 6.07) is 10.1. The van der Waals surface area contributed by atoms with Crippen molar-refractivity contribution in [1.82, 2.24) is 9.97 Å². The van der Waals surface area contributed by atoms with Crippen LogP contribution in [0.25, 0.3) is 22.4 Å². The number of aromatic nitrogens is 2. The number of halogens is 2. The standard InChI is InChI=1S/C17H11FN4O2.BrH/c18-11-3-1-2-9(6-11)15-14(10-4-5-13(23)21-8-10)16(24)12(7-19)17(20)22-15;/h1-6,8H,(H,21,23)(H3,20,22,24);1H. The summed E-state index contributed by atoms with van der Waals surface area (Å²) in [7, 11) is 0. The Labute approximate surface area is 151 Å². The molecule has 0 aliphatic carbocycles. The maximum atomic E-state index is 13.6. The van der Waals surface area contributed by atoms with Crippen molar-refractivity contribution >= 4 is 22.8 Å². The Balaban J connectivity index is 0.00000225. The van der Waals surface area contributed by atoms with Gasteiger partial charge in [-0.05, 0) is 18.2 Å². The number of H-pyrrole nitrogens is 2. The molecule has 0 radical (unpaired) electrons. The molecule has 3 aromatic rings. The third kappa shape index (κ3) is 3.36. The summed E-state index contributed by atoms with van der Waals surface area (Å²) in [4.78, 5) is 29.2. The number of aromatic amines is 2. The van der Waals surface area contributed by atoms with Crippen LogP contribution in [0.3, 0.4) is 0 Å². The first-order valence-corrected chi connectivity index (χ1v) is 6.92. The minimum absolute atomic E-state index is 0. The first-order chi connectivity index (χ1) is 11.5. The number of nitrogens with zero attached hydrogens (tertiary/aromatic N) is 1. The number of rotatable bonds is 2. The summed E-state index contributed by atoms with van der Waals surface area (Å²) in [5.41, 5.74) is 5.75. The highest BCUT2D eigenvalue weighted by molar-refractivity contribution is 8.93. The Hall–Kier alpha value is -3.18. The first kappa shape index (κ1) is 18.2. The summed E-state index contributed by atoms with van der Waals surface area (Å²) in [6.45, 7) is 0. The zero-order valence-corrected chi connectivity index (χ0v) is 14.4. The molecule has 1 aromatic carbocycles. The topological polar surface area (TPSA) is 116 Å². The van der Waals surface area contributed by atoms with Gasteiger partial charge >= 0.3 is 0 Å². The second kappa shape index (κ2) is 7.15. The van der Waals surface area contributed by atoms with Crippen molar-refractivity contribution in [1.29, 1.82) is 5.26 Å². The summed E-state index contributed by atoms with van der Waals surface area (Å²) in [5, 5.41) is 9.15. The van der Waals surface area contributed by atoms with Gasteiger partial charge in [-0.2, -0.15) is 5.26 Å². The van der Waals surface area contributed by atoms with E-state index in [-0.39, 0.29) is 45.2 Å². The molecule has 2 aromatic heterocycles. The van der Waals surface area contributed by atoms with Gasteiger partial charge in [-0.25, -0.2) is 4.39 Å². The van der Waals surface area contributed by atoms with Crippen LogP contribution >= 0.6 is 17.0 Å². The number of nitrogens with two attached hydrogens (primary N) is 1. The van der Waals surface area contributed by atoms with Crippen LogP contribution in [0.1, 0.15) is 5.56 Å². The van der Waals surface area contributed by atoms with Crippen LogP contribution in [0.2, 0.25) is 0 Å². The highest BCUT2D eigenvalue weighted by Gasteiger charge is 2.18. The van der Waals surface area contributed by atoms with E-state index in [2.05, 4.69) is 9.97 Å². The van der Waals surface area contributed by atoms with E-state index in [1.54, 1.807) is 12.1 Å². The molecule has 8 heteroatoms. The van der Waals surface area contributed by atoms with Crippen molar-refractivity contribution < 1.29 is 4.39 Å². The molecule has 126 valence electrons. The number of benzene rings is 1. The van der Waals surface area contributed by atoms with Gasteiger partial charge in [0, 0.05) is 23.4 Å². The Bertz CT molecular complexity index is 1080. The molecule has 0 saturated carbocycles. The Morgan fingerprint density at radius 2 is 1.88 bits per heavy atom. The van der Waals surface area contributed by atoms with Crippen molar-refractivity contribution in [3.05, 3.63) is 74.6 Å². The second-order valence-corrected chi connectivity index (χ2v) is 5.06. The van der Waals surface area contributed by atoms with Crippen LogP contribution in [0, 0.1) is 17.1 Å². The van der Waals surface area contributed by atoms with Crippen molar-refractivity contribution in [2.24, 2.45) is 0 Å². The molecule has 6 nitrogen and oxygen atoms in total. The Morgan fingerprint density at radius 1 is 1.12 bits per heavy atom. The number of hydrogen-bond donors (Lipinski definition) is 3. The van der Waals surface area contributed by atoms with Gasteiger partial charge in [-0.3, -0.25) is 9.59 Å². The fraction of sp³-hybridized carbons (Fsp3) is 0. The highest BCUT2D eigenvalue weighted by Crippen LogP contribution is 2.29. The highest BCUT2D eigenvalue weighted by atomic mass is 79.9. The van der Waals surface area contributed by atoms with Gasteiger partial charge in [-0.1, -0.05) is 12.1 Å². The third-order valence-corrected chi connectivity index (χ3v) is 3.53. The molecule has 0 atom stereocenters. The molecule has 0 fully saturated rings. The van der Waals surface area contributed by atoms with Crippen molar-refractivity contribution in [2.45, 2.75) is 0 Å². The summed E-state index contributed by atoms with van der Waals surface area (Å²) in [6.07, 6.45) is 1.35. The molecule has 0 saturated heterocycles. The lowest BCUT2D eigenvalue weighted by Gasteiger charge is -2.12. The number of nitriles is 1. The zero-order chi connectivity index (χ0) is 17.3. The van der Waals surface area contributed by atoms with Crippen molar-refractivity contribution in [3.8, 4) is 28.5 Å². The third-order valence-electron chi connectivity index (χ3n) is 3.53. The van der Waals surface area contributed by atoms with Crippen LogP contribution in [0.4, 0.5) is 10.2 Å². The average Bonchev–Trinajstić information content (AvgIpc) is 2.56. The quantitative estimate of drug-likeness (QED) is 0.610. The molecule has 0 aliphatic heterocycles. The van der Waals surface area contributed by atoms with Gasteiger partial charge in [0.1, 0.15) is 23.3 Å². The summed E-state index contributed by atoms with van der Waals surface area (Å²) < 4.78 is 13.6. The molecule has 25 heavy (non-hydrogen) atoms. The number of pyridine rings is 2. The van der Waals surface area contributed by atoms with Gasteiger partial charge < -0.3 is 15.7 Å². The number of nitrogens with one attached hydrogen (secondary N) is 2. The molecule has 0 spiro atoms. The van der Waals surface area contributed by atoms with Crippen molar-refractivity contribution in [3.63, 3.8) is 0 Å².